The average molecular weight is 240 g/mol. The Balaban J connectivity index is 1.71. The number of hydrogen-bond donors (Lipinski definition) is 2. The highest BCUT2D eigenvalue weighted by Crippen LogP contribution is 2.28. The van der Waals surface area contributed by atoms with Gasteiger partial charge in [0.05, 0.1) is 6.10 Å². The van der Waals surface area contributed by atoms with Gasteiger partial charge in [-0.2, -0.15) is 0 Å². The molecule has 0 aromatic heterocycles. The summed E-state index contributed by atoms with van der Waals surface area (Å²) in [6.45, 7) is 7.48. The number of piperazine rings is 1. The van der Waals surface area contributed by atoms with E-state index in [2.05, 4.69) is 24.1 Å². The molecule has 3 nitrogen and oxygen atoms in total. The van der Waals surface area contributed by atoms with Crippen molar-refractivity contribution in [3.63, 3.8) is 0 Å². The number of β-amino-alcohol motifs (C(OH)–C–C–N with tert-alkyl or cyclic N) is 1. The largest absolute Gasteiger partial charge is 0.392 e. The molecule has 2 aliphatic rings. The molecular weight excluding hydrogens is 212 g/mol. The average Bonchev–Trinajstić information content (AvgIpc) is 2.67. The van der Waals surface area contributed by atoms with Crippen LogP contribution in [0.1, 0.15) is 46.0 Å². The Morgan fingerprint density at radius 1 is 1.18 bits per heavy atom. The van der Waals surface area contributed by atoms with Crippen molar-refractivity contribution in [1.82, 2.24) is 10.2 Å². The molecule has 17 heavy (non-hydrogen) atoms. The molecule has 1 saturated heterocycles. The summed E-state index contributed by atoms with van der Waals surface area (Å²) < 4.78 is 0. The predicted octanol–water partition coefficient (Wildman–Crippen LogP) is 1.61. The number of aliphatic hydroxyl groups excluding tert-OH is 1. The third kappa shape index (κ3) is 4.23. The number of rotatable bonds is 4. The van der Waals surface area contributed by atoms with Crippen LogP contribution in [0.15, 0.2) is 0 Å². The molecule has 0 aromatic rings. The molecule has 1 aliphatic carbocycles. The summed E-state index contributed by atoms with van der Waals surface area (Å²) >= 11 is 0. The van der Waals surface area contributed by atoms with Crippen LogP contribution in [0.3, 0.4) is 0 Å². The van der Waals surface area contributed by atoms with E-state index in [-0.39, 0.29) is 6.10 Å². The Bertz CT molecular complexity index is 218. The van der Waals surface area contributed by atoms with E-state index in [1.807, 2.05) is 0 Å². The van der Waals surface area contributed by atoms with Gasteiger partial charge >= 0.3 is 0 Å². The van der Waals surface area contributed by atoms with Crippen LogP contribution in [0, 0.1) is 5.92 Å². The van der Waals surface area contributed by atoms with Crippen molar-refractivity contribution in [1.29, 1.82) is 0 Å². The summed E-state index contributed by atoms with van der Waals surface area (Å²) in [7, 11) is 0. The molecule has 100 valence electrons. The lowest BCUT2D eigenvalue weighted by Gasteiger charge is -2.37. The smallest absolute Gasteiger partial charge is 0.0669 e. The maximum absolute atomic E-state index is 10.2. The molecule has 0 bridgehead atoms. The van der Waals surface area contributed by atoms with E-state index < -0.39 is 0 Å². The lowest BCUT2D eigenvalue weighted by molar-refractivity contribution is 0.0695. The molecule has 1 saturated carbocycles. The highest BCUT2D eigenvalue weighted by Gasteiger charge is 2.24. The third-order valence-corrected chi connectivity index (χ3v) is 4.18. The fraction of sp³-hybridized carbons (Fsp3) is 1.00. The van der Waals surface area contributed by atoms with E-state index >= 15 is 0 Å². The molecule has 0 amide bonds. The summed E-state index contributed by atoms with van der Waals surface area (Å²) in [5, 5.41) is 13.7. The maximum Gasteiger partial charge on any atom is 0.0669 e. The van der Waals surface area contributed by atoms with Gasteiger partial charge in [-0.1, -0.05) is 25.7 Å². The molecule has 0 spiro atoms. The number of nitrogens with one attached hydrogen (secondary N) is 1. The first-order valence-corrected chi connectivity index (χ1v) is 7.30. The van der Waals surface area contributed by atoms with Gasteiger partial charge in [-0.05, 0) is 26.2 Å². The van der Waals surface area contributed by atoms with Gasteiger partial charge in [0.25, 0.3) is 0 Å². The normalized spacial score (nSPS) is 34.1. The zero-order valence-corrected chi connectivity index (χ0v) is 11.4. The van der Waals surface area contributed by atoms with Crippen molar-refractivity contribution >= 4 is 0 Å². The topological polar surface area (TPSA) is 35.5 Å². The van der Waals surface area contributed by atoms with Crippen molar-refractivity contribution in [3.8, 4) is 0 Å². The molecule has 2 fully saturated rings. The van der Waals surface area contributed by atoms with Gasteiger partial charge in [0, 0.05) is 31.7 Å². The predicted molar refractivity (Wildman–Crippen MR) is 71.1 cm³/mol. The second-order valence-electron chi connectivity index (χ2n) is 6.23. The van der Waals surface area contributed by atoms with Crippen molar-refractivity contribution in [3.05, 3.63) is 0 Å². The van der Waals surface area contributed by atoms with E-state index in [9.17, 15) is 5.11 Å². The van der Waals surface area contributed by atoms with Gasteiger partial charge in [-0.25, -0.2) is 0 Å². The zero-order valence-electron chi connectivity index (χ0n) is 11.4. The Morgan fingerprint density at radius 3 is 2.35 bits per heavy atom. The Morgan fingerprint density at radius 2 is 1.76 bits per heavy atom. The van der Waals surface area contributed by atoms with Crippen LogP contribution in [-0.2, 0) is 0 Å². The molecule has 0 radical (unpaired) electrons. The fourth-order valence-corrected chi connectivity index (χ4v) is 3.59. The molecular formula is C14H28N2O. The number of nitrogens with zero attached hydrogens (tertiary/aromatic N) is 1. The zero-order chi connectivity index (χ0) is 12.3. The Hall–Kier alpha value is -0.120. The quantitative estimate of drug-likeness (QED) is 0.783. The molecule has 2 rings (SSSR count). The summed E-state index contributed by atoms with van der Waals surface area (Å²) in [6, 6.07) is 1.11. The lowest BCUT2D eigenvalue weighted by Crippen LogP contribution is -2.55. The molecule has 0 aromatic carbocycles. The van der Waals surface area contributed by atoms with Crippen molar-refractivity contribution in [2.24, 2.45) is 5.92 Å². The lowest BCUT2D eigenvalue weighted by atomic mass is 9.99. The van der Waals surface area contributed by atoms with Crippen LogP contribution in [0.2, 0.25) is 0 Å². The summed E-state index contributed by atoms with van der Waals surface area (Å²) in [6.07, 6.45) is 6.33. The Labute approximate surface area is 106 Å². The molecule has 2 N–H and O–H groups in total. The van der Waals surface area contributed by atoms with E-state index in [0.717, 1.165) is 32.0 Å². The van der Waals surface area contributed by atoms with Crippen LogP contribution in [0.25, 0.3) is 0 Å². The van der Waals surface area contributed by atoms with Gasteiger partial charge in [-0.3, -0.25) is 4.90 Å². The van der Waals surface area contributed by atoms with Gasteiger partial charge in [-0.15, -0.1) is 0 Å². The first-order valence-electron chi connectivity index (χ1n) is 7.30. The second kappa shape index (κ2) is 6.17. The van der Waals surface area contributed by atoms with Crippen LogP contribution >= 0.6 is 0 Å². The van der Waals surface area contributed by atoms with Crippen molar-refractivity contribution in [2.45, 2.75) is 64.1 Å². The van der Waals surface area contributed by atoms with Crippen LogP contribution in [0.4, 0.5) is 0 Å². The maximum atomic E-state index is 10.2. The van der Waals surface area contributed by atoms with Gasteiger partial charge < -0.3 is 10.4 Å². The first-order chi connectivity index (χ1) is 8.13. The summed E-state index contributed by atoms with van der Waals surface area (Å²) in [4.78, 5) is 2.42. The van der Waals surface area contributed by atoms with Crippen LogP contribution in [-0.4, -0.2) is 47.8 Å². The van der Waals surface area contributed by atoms with E-state index in [0.29, 0.717) is 12.1 Å². The van der Waals surface area contributed by atoms with E-state index in [4.69, 9.17) is 0 Å². The standard InChI is InChI=1S/C14H28N2O/c1-11-8-16(9-12(2)15-11)10-14(17)7-13-5-3-4-6-13/h11-15,17H,3-10H2,1-2H3. The minimum absolute atomic E-state index is 0.115. The fourth-order valence-electron chi connectivity index (χ4n) is 3.59. The molecule has 3 unspecified atom stereocenters. The highest BCUT2D eigenvalue weighted by molar-refractivity contribution is 4.83. The third-order valence-electron chi connectivity index (χ3n) is 4.18. The minimum atomic E-state index is -0.115. The SMILES string of the molecule is CC1CN(CC(O)CC2CCCC2)CC(C)N1. The van der Waals surface area contributed by atoms with Crippen molar-refractivity contribution in [2.75, 3.05) is 19.6 Å². The first kappa shape index (κ1) is 13.3. The van der Waals surface area contributed by atoms with Crippen LogP contribution in [0.5, 0.6) is 0 Å². The van der Waals surface area contributed by atoms with E-state index in [1.54, 1.807) is 0 Å². The number of hydrogen-bond acceptors (Lipinski definition) is 3. The summed E-state index contributed by atoms with van der Waals surface area (Å²) in [5.74, 6) is 0.794. The monoisotopic (exact) mass is 240 g/mol. The van der Waals surface area contributed by atoms with Gasteiger partial charge in [0.15, 0.2) is 0 Å². The molecule has 1 aliphatic heterocycles. The second-order valence-corrected chi connectivity index (χ2v) is 6.23. The molecule has 1 heterocycles. The van der Waals surface area contributed by atoms with Gasteiger partial charge in [0.1, 0.15) is 0 Å². The highest BCUT2D eigenvalue weighted by atomic mass is 16.3. The van der Waals surface area contributed by atoms with Crippen LogP contribution < -0.4 is 5.32 Å². The minimum Gasteiger partial charge on any atom is -0.392 e. The molecule has 3 atom stereocenters. The van der Waals surface area contributed by atoms with Gasteiger partial charge in [0.2, 0.25) is 0 Å². The van der Waals surface area contributed by atoms with Crippen molar-refractivity contribution < 1.29 is 5.11 Å². The molecule has 3 heteroatoms. The number of aliphatic hydroxyl groups is 1. The Kier molecular flexibility index (Phi) is 4.83. The summed E-state index contributed by atoms with van der Waals surface area (Å²) in [5.41, 5.74) is 0. The van der Waals surface area contributed by atoms with E-state index in [1.165, 1.54) is 25.7 Å².